The molecule has 198 valence electrons. The lowest BCUT2D eigenvalue weighted by atomic mass is 9.65. The summed E-state index contributed by atoms with van der Waals surface area (Å²) in [6, 6.07) is 6.44. The highest BCUT2D eigenvalue weighted by atomic mass is 19.1. The third kappa shape index (κ3) is 4.24. The van der Waals surface area contributed by atoms with Crippen molar-refractivity contribution in [2.24, 2.45) is 11.3 Å². The number of aromatic amines is 1. The number of rotatable bonds is 8. The first-order valence-electron chi connectivity index (χ1n) is 13.5. The predicted molar refractivity (Wildman–Crippen MR) is 141 cm³/mol. The molecule has 3 atom stereocenters. The van der Waals surface area contributed by atoms with Gasteiger partial charge in [-0.05, 0) is 62.1 Å². The van der Waals surface area contributed by atoms with Crippen LogP contribution in [0.15, 0.2) is 43.1 Å². The van der Waals surface area contributed by atoms with Crippen LogP contribution in [0.25, 0.3) is 22.3 Å². The second-order valence-corrected chi connectivity index (χ2v) is 11.4. The quantitative estimate of drug-likeness (QED) is 0.359. The smallest absolute Gasteiger partial charge is 0.182 e. The van der Waals surface area contributed by atoms with Crippen molar-refractivity contribution in [3.63, 3.8) is 0 Å². The third-order valence-corrected chi connectivity index (χ3v) is 8.92. The van der Waals surface area contributed by atoms with E-state index in [2.05, 4.69) is 43.3 Å². The van der Waals surface area contributed by atoms with Crippen LogP contribution in [0.1, 0.15) is 44.0 Å². The Morgan fingerprint density at radius 1 is 1.13 bits per heavy atom. The lowest BCUT2D eigenvalue weighted by Crippen LogP contribution is -2.46. The van der Waals surface area contributed by atoms with Crippen molar-refractivity contribution in [1.82, 2.24) is 35.0 Å². The molecule has 5 heterocycles. The van der Waals surface area contributed by atoms with Gasteiger partial charge in [0.1, 0.15) is 18.7 Å². The van der Waals surface area contributed by atoms with E-state index in [0.29, 0.717) is 50.3 Å². The maximum absolute atomic E-state index is 14.0. The number of anilines is 1. The van der Waals surface area contributed by atoms with Crippen LogP contribution < -0.4 is 10.2 Å². The van der Waals surface area contributed by atoms with Crippen molar-refractivity contribution in [2.45, 2.75) is 64.1 Å². The molecular weight excluding hydrogens is 486 g/mol. The molecule has 38 heavy (non-hydrogen) atoms. The Kier molecular flexibility index (Phi) is 5.68. The normalized spacial score (nSPS) is 27.2. The van der Waals surface area contributed by atoms with E-state index >= 15 is 0 Å². The van der Waals surface area contributed by atoms with Gasteiger partial charge in [0.15, 0.2) is 5.82 Å². The maximum atomic E-state index is 14.0. The van der Waals surface area contributed by atoms with Gasteiger partial charge < -0.3 is 15.2 Å². The van der Waals surface area contributed by atoms with Crippen LogP contribution in [-0.2, 0) is 13.1 Å². The van der Waals surface area contributed by atoms with Gasteiger partial charge in [-0.1, -0.05) is 0 Å². The van der Waals surface area contributed by atoms with Crippen molar-refractivity contribution in [2.75, 3.05) is 18.0 Å². The van der Waals surface area contributed by atoms with Crippen LogP contribution in [0.4, 0.5) is 14.5 Å². The van der Waals surface area contributed by atoms with E-state index in [-0.39, 0.29) is 5.41 Å². The number of halogens is 2. The van der Waals surface area contributed by atoms with Gasteiger partial charge in [0.05, 0.1) is 24.1 Å². The molecule has 0 aromatic carbocycles. The number of hydrogen-bond donors (Lipinski definition) is 2. The molecule has 0 spiro atoms. The molecule has 1 aliphatic heterocycles. The van der Waals surface area contributed by atoms with Gasteiger partial charge in [0, 0.05) is 60.2 Å². The first-order valence-corrected chi connectivity index (χ1v) is 13.5. The van der Waals surface area contributed by atoms with Crippen molar-refractivity contribution in [3.05, 3.63) is 54.5 Å². The van der Waals surface area contributed by atoms with Crippen molar-refractivity contribution in [1.29, 1.82) is 0 Å². The Hall–Kier alpha value is -3.40. The Labute approximate surface area is 219 Å². The molecule has 4 aromatic rings. The van der Waals surface area contributed by atoms with E-state index in [1.165, 1.54) is 0 Å². The zero-order valence-electron chi connectivity index (χ0n) is 21.4. The lowest BCUT2D eigenvalue weighted by Gasteiger charge is -2.43. The maximum Gasteiger partial charge on any atom is 0.182 e. The summed E-state index contributed by atoms with van der Waals surface area (Å²) in [5.41, 5.74) is 4.84. The third-order valence-electron chi connectivity index (χ3n) is 8.92. The van der Waals surface area contributed by atoms with Crippen molar-refractivity contribution in [3.8, 4) is 11.4 Å². The molecule has 2 bridgehead atoms. The molecule has 8 nitrogen and oxygen atoms in total. The van der Waals surface area contributed by atoms with E-state index < -0.39 is 12.3 Å². The second kappa shape index (κ2) is 9.11. The van der Waals surface area contributed by atoms with Crippen LogP contribution in [0, 0.1) is 11.3 Å². The number of aromatic nitrogens is 6. The number of H-pyrrole nitrogens is 1. The second-order valence-electron chi connectivity index (χ2n) is 11.4. The summed E-state index contributed by atoms with van der Waals surface area (Å²) in [6.07, 6.45) is 8.97. The fourth-order valence-electron chi connectivity index (χ4n) is 6.63. The number of pyridine rings is 2. The minimum absolute atomic E-state index is 0.143. The van der Waals surface area contributed by atoms with Crippen LogP contribution >= 0.6 is 0 Å². The SMILES string of the molecule is CC(NCc1cc2cnc(Cn3cnc(-c4cncc(N5CC[C@H](F)C5)c4)n3)cc2[nH]1)C12CC(F)C(C1)C2. The Bertz CT molecular complexity index is 1460. The van der Waals surface area contributed by atoms with E-state index in [0.717, 1.165) is 52.9 Å². The average Bonchev–Trinajstić information content (AvgIpc) is 3.71. The van der Waals surface area contributed by atoms with Crippen LogP contribution in [0.3, 0.4) is 0 Å². The van der Waals surface area contributed by atoms with E-state index in [4.69, 9.17) is 0 Å². The van der Waals surface area contributed by atoms with Crippen molar-refractivity contribution < 1.29 is 8.78 Å². The largest absolute Gasteiger partial charge is 0.367 e. The fraction of sp³-hybridized carbons (Fsp3) is 0.500. The number of hydrogen-bond acceptors (Lipinski definition) is 6. The van der Waals surface area contributed by atoms with Gasteiger partial charge in [-0.2, -0.15) is 5.10 Å². The molecule has 4 aromatic heterocycles. The highest BCUT2D eigenvalue weighted by Crippen LogP contribution is 2.61. The lowest BCUT2D eigenvalue weighted by molar-refractivity contribution is 0.0886. The average molecular weight is 519 g/mol. The summed E-state index contributed by atoms with van der Waals surface area (Å²) in [6.45, 7) is 4.50. The molecule has 2 unspecified atom stereocenters. The number of nitrogens with zero attached hydrogens (tertiary/aromatic N) is 6. The van der Waals surface area contributed by atoms with Gasteiger partial charge in [0.2, 0.25) is 0 Å². The molecule has 0 radical (unpaired) electrons. The summed E-state index contributed by atoms with van der Waals surface area (Å²) >= 11 is 0. The van der Waals surface area contributed by atoms with Gasteiger partial charge in [-0.3, -0.25) is 9.97 Å². The molecule has 1 saturated heterocycles. The van der Waals surface area contributed by atoms with Crippen molar-refractivity contribution >= 4 is 16.6 Å². The van der Waals surface area contributed by atoms with E-state index in [1.54, 1.807) is 23.4 Å². The summed E-state index contributed by atoms with van der Waals surface area (Å²) in [5, 5.41) is 9.32. The minimum Gasteiger partial charge on any atom is -0.367 e. The molecule has 3 aliphatic carbocycles. The number of alkyl halides is 2. The summed E-state index contributed by atoms with van der Waals surface area (Å²) in [4.78, 5) is 18.9. The Morgan fingerprint density at radius 3 is 2.82 bits per heavy atom. The molecule has 3 saturated carbocycles. The summed E-state index contributed by atoms with van der Waals surface area (Å²) in [7, 11) is 0. The van der Waals surface area contributed by atoms with Gasteiger partial charge in [-0.15, -0.1) is 0 Å². The number of fused-ring (bicyclic) bond motifs is 2. The van der Waals surface area contributed by atoms with Crippen LogP contribution in [-0.4, -0.2) is 61.2 Å². The molecule has 8 rings (SSSR count). The highest BCUT2D eigenvalue weighted by molar-refractivity contribution is 5.79. The molecule has 4 aliphatic rings. The molecular formula is C28H32F2N8. The molecule has 4 fully saturated rings. The summed E-state index contributed by atoms with van der Waals surface area (Å²) in [5.74, 6) is 0.873. The highest BCUT2D eigenvalue weighted by Gasteiger charge is 2.58. The Balaban J connectivity index is 1.01. The minimum atomic E-state index is -0.788. The van der Waals surface area contributed by atoms with Crippen LogP contribution in [0.5, 0.6) is 0 Å². The first-order chi connectivity index (χ1) is 18.4. The standard InChI is InChI=1S/C28H32F2N8/c1-17(28-7-20(8-28)25(30)9-28)32-12-22-4-18-11-33-23(6-26(18)35-22)15-38-16-34-27(36-38)19-5-24(13-31-10-19)37-3-2-21(29)14-37/h4-6,10-11,13,16-17,20-21,25,32,35H,2-3,7-9,12,14-15H2,1H3/t17?,20?,21-,25?,28?/m0/s1. The number of nitrogens with one attached hydrogen (secondary N) is 2. The monoisotopic (exact) mass is 518 g/mol. The zero-order chi connectivity index (χ0) is 25.9. The van der Waals surface area contributed by atoms with E-state index in [9.17, 15) is 8.78 Å². The topological polar surface area (TPSA) is 87.6 Å². The fourth-order valence-corrected chi connectivity index (χ4v) is 6.63. The Morgan fingerprint density at radius 2 is 2.03 bits per heavy atom. The van der Waals surface area contributed by atoms with Gasteiger partial charge in [0.25, 0.3) is 0 Å². The van der Waals surface area contributed by atoms with Crippen LogP contribution in [0.2, 0.25) is 0 Å². The molecule has 0 amide bonds. The first kappa shape index (κ1) is 23.7. The predicted octanol–water partition coefficient (Wildman–Crippen LogP) is 4.43. The van der Waals surface area contributed by atoms with E-state index in [1.807, 2.05) is 23.2 Å². The van der Waals surface area contributed by atoms with Gasteiger partial charge >= 0.3 is 0 Å². The molecule has 10 heteroatoms. The summed E-state index contributed by atoms with van der Waals surface area (Å²) < 4.78 is 29.4. The zero-order valence-corrected chi connectivity index (χ0v) is 21.4. The van der Waals surface area contributed by atoms with Gasteiger partial charge in [-0.25, -0.2) is 18.4 Å². The molecule has 2 N–H and O–H groups in total.